The summed E-state index contributed by atoms with van der Waals surface area (Å²) in [5.74, 6) is 0.486. The number of amides is 2. The number of anilines is 1. The summed E-state index contributed by atoms with van der Waals surface area (Å²) in [6.07, 6.45) is -0.239. The van der Waals surface area contributed by atoms with Gasteiger partial charge in [-0.25, -0.2) is 0 Å². The molecule has 126 valence electrons. The number of carbonyl (C=O) groups is 2. The molecule has 5 nitrogen and oxygen atoms in total. The first-order valence-electron chi connectivity index (χ1n) is 7.76. The summed E-state index contributed by atoms with van der Waals surface area (Å²) in [5, 5.41) is 5.48. The lowest BCUT2D eigenvalue weighted by molar-refractivity contribution is -0.127. The Labute approximate surface area is 142 Å². The second-order valence-corrected chi connectivity index (χ2v) is 6.43. The molecule has 0 aliphatic carbocycles. The van der Waals surface area contributed by atoms with Crippen molar-refractivity contribution in [3.8, 4) is 11.5 Å². The molecule has 0 heterocycles. The molecule has 0 saturated carbocycles. The molecule has 0 spiro atoms. The van der Waals surface area contributed by atoms with E-state index in [1.165, 1.54) is 0 Å². The first-order chi connectivity index (χ1) is 11.3. The summed E-state index contributed by atoms with van der Waals surface area (Å²) in [4.78, 5) is 23.9. The molecule has 5 heteroatoms. The molecule has 2 aromatic carbocycles. The molecule has 2 aromatic rings. The fraction of sp³-hybridized carbons (Fsp3) is 0.263. The Hall–Kier alpha value is -2.82. The van der Waals surface area contributed by atoms with E-state index in [1.807, 2.05) is 57.2 Å². The van der Waals surface area contributed by atoms with Crippen LogP contribution in [0.15, 0.2) is 54.6 Å². The Morgan fingerprint density at radius 1 is 0.917 bits per heavy atom. The lowest BCUT2D eigenvalue weighted by atomic mass is 10.1. The molecule has 2 amide bonds. The number of rotatable bonds is 5. The van der Waals surface area contributed by atoms with E-state index in [9.17, 15) is 9.59 Å². The fourth-order valence-electron chi connectivity index (χ4n) is 2.08. The van der Waals surface area contributed by atoms with Gasteiger partial charge in [0.2, 0.25) is 11.8 Å². The molecule has 0 aliphatic heterocycles. The van der Waals surface area contributed by atoms with E-state index in [2.05, 4.69) is 10.6 Å². The van der Waals surface area contributed by atoms with Crippen LogP contribution in [0.3, 0.4) is 0 Å². The second kappa shape index (κ2) is 7.64. The van der Waals surface area contributed by atoms with Gasteiger partial charge in [-0.05, 0) is 45.0 Å². The minimum Gasteiger partial charge on any atom is -0.455 e. The minimum absolute atomic E-state index is 0.239. The van der Waals surface area contributed by atoms with Crippen LogP contribution in [-0.2, 0) is 9.59 Å². The maximum Gasteiger partial charge on any atom is 0.233 e. The van der Waals surface area contributed by atoms with Gasteiger partial charge in [0.25, 0.3) is 0 Å². The molecule has 0 unspecified atom stereocenters. The molecule has 0 radical (unpaired) electrons. The molecule has 2 rings (SSSR count). The van der Waals surface area contributed by atoms with Gasteiger partial charge in [0.15, 0.2) is 5.75 Å². The van der Waals surface area contributed by atoms with E-state index >= 15 is 0 Å². The van der Waals surface area contributed by atoms with Crippen LogP contribution >= 0.6 is 0 Å². The van der Waals surface area contributed by atoms with E-state index in [0.717, 1.165) is 0 Å². The van der Waals surface area contributed by atoms with Gasteiger partial charge in [-0.15, -0.1) is 0 Å². The third-order valence-electron chi connectivity index (χ3n) is 2.97. The highest BCUT2D eigenvalue weighted by atomic mass is 16.5. The zero-order valence-corrected chi connectivity index (χ0v) is 14.1. The number of hydrogen-bond acceptors (Lipinski definition) is 3. The summed E-state index contributed by atoms with van der Waals surface area (Å²) in [5.41, 5.74) is 0.154. The third kappa shape index (κ3) is 5.76. The predicted octanol–water partition coefficient (Wildman–Crippen LogP) is 3.72. The molecule has 0 bridgehead atoms. The van der Waals surface area contributed by atoms with Crippen molar-refractivity contribution >= 4 is 17.5 Å². The largest absolute Gasteiger partial charge is 0.455 e. The van der Waals surface area contributed by atoms with Gasteiger partial charge in [-0.1, -0.05) is 30.3 Å². The average molecular weight is 326 g/mol. The Balaban J connectivity index is 2.02. The Kier molecular flexibility index (Phi) is 5.58. The van der Waals surface area contributed by atoms with Crippen molar-refractivity contribution in [2.45, 2.75) is 32.7 Å². The van der Waals surface area contributed by atoms with Crippen LogP contribution in [0.5, 0.6) is 11.5 Å². The van der Waals surface area contributed by atoms with Crippen molar-refractivity contribution in [1.82, 2.24) is 5.32 Å². The van der Waals surface area contributed by atoms with Crippen molar-refractivity contribution in [2.75, 3.05) is 5.32 Å². The standard InChI is InChI=1S/C19H22N2O3/c1-19(2,3)21-18(23)13-17(22)20-15-11-7-8-12-16(15)24-14-9-5-4-6-10-14/h4-12H,13H2,1-3H3,(H,20,22)(H,21,23). The van der Waals surface area contributed by atoms with Crippen molar-refractivity contribution in [2.24, 2.45) is 0 Å². The summed E-state index contributed by atoms with van der Waals surface area (Å²) >= 11 is 0. The van der Waals surface area contributed by atoms with Crippen LogP contribution in [0.25, 0.3) is 0 Å². The van der Waals surface area contributed by atoms with Crippen LogP contribution in [0, 0.1) is 0 Å². The average Bonchev–Trinajstić information content (AvgIpc) is 2.48. The summed E-state index contributed by atoms with van der Waals surface area (Å²) in [7, 11) is 0. The van der Waals surface area contributed by atoms with Gasteiger partial charge in [-0.3, -0.25) is 9.59 Å². The van der Waals surface area contributed by atoms with Gasteiger partial charge in [0, 0.05) is 5.54 Å². The normalized spacial score (nSPS) is 10.8. The van der Waals surface area contributed by atoms with E-state index in [1.54, 1.807) is 18.2 Å². The fourth-order valence-corrected chi connectivity index (χ4v) is 2.08. The van der Waals surface area contributed by atoms with Crippen molar-refractivity contribution in [3.63, 3.8) is 0 Å². The Morgan fingerprint density at radius 2 is 1.54 bits per heavy atom. The molecular weight excluding hydrogens is 304 g/mol. The zero-order valence-electron chi connectivity index (χ0n) is 14.1. The van der Waals surface area contributed by atoms with Gasteiger partial charge in [0.05, 0.1) is 5.69 Å². The summed E-state index contributed by atoms with van der Waals surface area (Å²) < 4.78 is 5.78. The first-order valence-corrected chi connectivity index (χ1v) is 7.76. The maximum absolute atomic E-state index is 12.1. The number of ether oxygens (including phenoxy) is 1. The second-order valence-electron chi connectivity index (χ2n) is 6.43. The Bertz CT molecular complexity index is 706. The van der Waals surface area contributed by atoms with Crippen LogP contribution < -0.4 is 15.4 Å². The van der Waals surface area contributed by atoms with Crippen LogP contribution in [0.2, 0.25) is 0 Å². The predicted molar refractivity (Wildman–Crippen MR) is 94.1 cm³/mol. The highest BCUT2D eigenvalue weighted by Crippen LogP contribution is 2.29. The SMILES string of the molecule is CC(C)(C)NC(=O)CC(=O)Nc1ccccc1Oc1ccccc1. The van der Waals surface area contributed by atoms with Gasteiger partial charge in [-0.2, -0.15) is 0 Å². The summed E-state index contributed by atoms with van der Waals surface area (Å²) in [6.45, 7) is 5.60. The maximum atomic E-state index is 12.1. The number of hydrogen-bond donors (Lipinski definition) is 2. The van der Waals surface area contributed by atoms with Crippen LogP contribution in [0.4, 0.5) is 5.69 Å². The first kappa shape index (κ1) is 17.5. The monoisotopic (exact) mass is 326 g/mol. The molecule has 0 saturated heterocycles. The van der Waals surface area contributed by atoms with E-state index in [-0.39, 0.29) is 23.8 Å². The smallest absolute Gasteiger partial charge is 0.233 e. The van der Waals surface area contributed by atoms with Gasteiger partial charge < -0.3 is 15.4 Å². The lowest BCUT2D eigenvalue weighted by Crippen LogP contribution is -2.41. The van der Waals surface area contributed by atoms with Crippen molar-refractivity contribution in [3.05, 3.63) is 54.6 Å². The van der Waals surface area contributed by atoms with E-state index in [4.69, 9.17) is 4.74 Å². The molecular formula is C19H22N2O3. The number of benzene rings is 2. The number of para-hydroxylation sites is 3. The van der Waals surface area contributed by atoms with Crippen LogP contribution in [0.1, 0.15) is 27.2 Å². The number of carbonyl (C=O) groups excluding carboxylic acids is 2. The van der Waals surface area contributed by atoms with E-state index in [0.29, 0.717) is 17.2 Å². The zero-order chi connectivity index (χ0) is 17.6. The van der Waals surface area contributed by atoms with Crippen molar-refractivity contribution in [1.29, 1.82) is 0 Å². The molecule has 24 heavy (non-hydrogen) atoms. The number of nitrogens with one attached hydrogen (secondary N) is 2. The molecule has 0 aromatic heterocycles. The van der Waals surface area contributed by atoms with Gasteiger partial charge >= 0.3 is 0 Å². The summed E-state index contributed by atoms with van der Waals surface area (Å²) in [6, 6.07) is 16.4. The van der Waals surface area contributed by atoms with Crippen molar-refractivity contribution < 1.29 is 14.3 Å². The molecule has 0 atom stereocenters. The van der Waals surface area contributed by atoms with Crippen LogP contribution in [-0.4, -0.2) is 17.4 Å². The molecule has 2 N–H and O–H groups in total. The lowest BCUT2D eigenvalue weighted by Gasteiger charge is -2.20. The minimum atomic E-state index is -0.388. The quantitative estimate of drug-likeness (QED) is 0.823. The highest BCUT2D eigenvalue weighted by Gasteiger charge is 2.17. The van der Waals surface area contributed by atoms with E-state index < -0.39 is 0 Å². The van der Waals surface area contributed by atoms with Gasteiger partial charge in [0.1, 0.15) is 12.2 Å². The third-order valence-corrected chi connectivity index (χ3v) is 2.97. The topological polar surface area (TPSA) is 67.4 Å². The highest BCUT2D eigenvalue weighted by molar-refractivity contribution is 6.04. The Morgan fingerprint density at radius 3 is 2.21 bits per heavy atom. The molecule has 0 aliphatic rings. The molecule has 0 fully saturated rings.